The fourth-order valence-corrected chi connectivity index (χ4v) is 4.54. The normalized spacial score (nSPS) is 16.0. The Hall–Kier alpha value is -3.07. The third kappa shape index (κ3) is 5.96. The molecule has 184 valence electrons. The molecule has 0 spiro atoms. The topological polar surface area (TPSA) is 105 Å². The first-order valence-electron chi connectivity index (χ1n) is 11.2. The number of carbonyl (C=O) groups is 2. The van der Waals surface area contributed by atoms with E-state index < -0.39 is 17.9 Å². The number of hydrogen-bond donors (Lipinski definition) is 2. The van der Waals surface area contributed by atoms with Gasteiger partial charge in [0.25, 0.3) is 5.91 Å². The van der Waals surface area contributed by atoms with Crippen LogP contribution in [0.5, 0.6) is 5.75 Å². The van der Waals surface area contributed by atoms with Crippen molar-refractivity contribution < 1.29 is 24.0 Å². The van der Waals surface area contributed by atoms with Crippen LogP contribution in [0, 0.1) is 0 Å². The monoisotopic (exact) mass is 517 g/mol. The van der Waals surface area contributed by atoms with Crippen molar-refractivity contribution in [3.8, 4) is 17.1 Å². The van der Waals surface area contributed by atoms with Gasteiger partial charge in [0.1, 0.15) is 11.8 Å². The number of nitrogens with one attached hydrogen (secondary N) is 1. The zero-order chi connectivity index (χ0) is 25.1. The summed E-state index contributed by atoms with van der Waals surface area (Å²) >= 11 is 12.7. The number of amides is 1. The van der Waals surface area contributed by atoms with Crippen molar-refractivity contribution in [2.24, 2.45) is 0 Å². The third-order valence-electron chi connectivity index (χ3n) is 5.63. The molecule has 10 heteroatoms. The minimum absolute atomic E-state index is 0.0238. The summed E-state index contributed by atoms with van der Waals surface area (Å²) in [7, 11) is 0. The van der Waals surface area contributed by atoms with E-state index in [1.54, 1.807) is 30.3 Å². The highest BCUT2D eigenvalue weighted by atomic mass is 35.5. The maximum absolute atomic E-state index is 12.7. The zero-order valence-corrected chi connectivity index (χ0v) is 20.8. The Morgan fingerprint density at radius 3 is 2.69 bits per heavy atom. The van der Waals surface area contributed by atoms with Gasteiger partial charge in [0.15, 0.2) is 11.5 Å². The molecule has 1 aliphatic heterocycles. The van der Waals surface area contributed by atoms with E-state index in [-0.39, 0.29) is 11.8 Å². The van der Waals surface area contributed by atoms with E-state index in [0.29, 0.717) is 45.8 Å². The molecule has 1 aliphatic rings. The highest BCUT2D eigenvalue weighted by Crippen LogP contribution is 2.32. The molecule has 0 radical (unpaired) electrons. The first-order chi connectivity index (χ1) is 16.7. The van der Waals surface area contributed by atoms with Gasteiger partial charge in [-0.1, -0.05) is 34.4 Å². The van der Waals surface area contributed by atoms with Crippen molar-refractivity contribution in [1.82, 2.24) is 10.1 Å². The molecule has 1 atom stereocenters. The molecule has 0 bridgehead atoms. The van der Waals surface area contributed by atoms with Gasteiger partial charge in [-0.3, -0.25) is 14.5 Å². The van der Waals surface area contributed by atoms with Gasteiger partial charge in [-0.15, -0.1) is 0 Å². The van der Waals surface area contributed by atoms with E-state index in [9.17, 15) is 14.7 Å². The van der Waals surface area contributed by atoms with E-state index in [0.717, 1.165) is 18.5 Å². The second kappa shape index (κ2) is 10.7. The van der Waals surface area contributed by atoms with Gasteiger partial charge in [0, 0.05) is 23.9 Å². The highest BCUT2D eigenvalue weighted by Gasteiger charge is 2.30. The lowest BCUT2D eigenvalue weighted by molar-refractivity contribution is -0.142. The summed E-state index contributed by atoms with van der Waals surface area (Å²) in [4.78, 5) is 26.0. The largest absolute Gasteiger partial charge is 0.489 e. The van der Waals surface area contributed by atoms with Crippen molar-refractivity contribution in [2.75, 3.05) is 11.9 Å². The van der Waals surface area contributed by atoms with Gasteiger partial charge >= 0.3 is 5.97 Å². The molecule has 2 aromatic carbocycles. The molecular weight excluding hydrogens is 493 g/mol. The first-order valence-corrected chi connectivity index (χ1v) is 12.0. The molecule has 1 aromatic heterocycles. The SMILES string of the molecule is CC(C)Oc1ccc(NC(=O)c2cc(-c3ccc(CN4CCC[C@H]4C(=O)O)cc3Cl)on2)cc1Cl. The second-order valence-corrected chi connectivity index (χ2v) is 9.44. The Bertz CT molecular complexity index is 1240. The number of halogens is 2. The summed E-state index contributed by atoms with van der Waals surface area (Å²) in [6.07, 6.45) is 1.48. The van der Waals surface area contributed by atoms with Gasteiger partial charge in [0.05, 0.1) is 16.1 Å². The van der Waals surface area contributed by atoms with Crippen molar-refractivity contribution >= 4 is 40.8 Å². The molecule has 2 heterocycles. The van der Waals surface area contributed by atoms with Crippen LogP contribution in [-0.4, -0.2) is 45.7 Å². The van der Waals surface area contributed by atoms with Crippen LogP contribution in [0.4, 0.5) is 5.69 Å². The van der Waals surface area contributed by atoms with E-state index in [1.165, 1.54) is 6.07 Å². The third-order valence-corrected chi connectivity index (χ3v) is 6.24. The van der Waals surface area contributed by atoms with Crippen molar-refractivity contribution in [3.05, 3.63) is 63.8 Å². The van der Waals surface area contributed by atoms with Gasteiger partial charge in [-0.2, -0.15) is 0 Å². The van der Waals surface area contributed by atoms with Crippen molar-refractivity contribution in [1.29, 1.82) is 0 Å². The number of carboxylic acid groups (broad SMARTS) is 1. The number of likely N-dealkylation sites (tertiary alicyclic amines) is 1. The van der Waals surface area contributed by atoms with Gasteiger partial charge < -0.3 is 19.7 Å². The Morgan fingerprint density at radius 2 is 2.00 bits per heavy atom. The molecule has 35 heavy (non-hydrogen) atoms. The number of benzene rings is 2. The summed E-state index contributed by atoms with van der Waals surface area (Å²) in [5.74, 6) is -0.394. The number of nitrogens with zero attached hydrogens (tertiary/aromatic N) is 2. The molecule has 1 fully saturated rings. The highest BCUT2D eigenvalue weighted by molar-refractivity contribution is 6.33. The number of hydrogen-bond acceptors (Lipinski definition) is 6. The summed E-state index contributed by atoms with van der Waals surface area (Å²) in [6, 6.07) is 11.4. The van der Waals surface area contributed by atoms with Crippen LogP contribution >= 0.6 is 23.2 Å². The number of rotatable bonds is 8. The lowest BCUT2D eigenvalue weighted by Gasteiger charge is -2.21. The lowest BCUT2D eigenvalue weighted by atomic mass is 10.1. The maximum Gasteiger partial charge on any atom is 0.320 e. The molecular formula is C25H25Cl2N3O5. The Kier molecular flexibility index (Phi) is 7.64. The predicted molar refractivity (Wildman–Crippen MR) is 133 cm³/mol. The van der Waals surface area contributed by atoms with Gasteiger partial charge in [-0.05, 0) is 69.1 Å². The average Bonchev–Trinajstić information content (AvgIpc) is 3.45. The van der Waals surface area contributed by atoms with Crippen molar-refractivity contribution in [3.63, 3.8) is 0 Å². The minimum atomic E-state index is -0.806. The van der Waals surface area contributed by atoms with E-state index in [2.05, 4.69) is 10.5 Å². The van der Waals surface area contributed by atoms with Crippen LogP contribution in [0.3, 0.4) is 0 Å². The van der Waals surface area contributed by atoms with E-state index in [1.807, 2.05) is 24.8 Å². The lowest BCUT2D eigenvalue weighted by Crippen LogP contribution is -2.35. The number of aliphatic carboxylic acids is 1. The molecule has 3 aromatic rings. The molecule has 1 saturated heterocycles. The number of anilines is 1. The van der Waals surface area contributed by atoms with Crippen molar-refractivity contribution in [2.45, 2.75) is 45.4 Å². The molecule has 0 unspecified atom stereocenters. The molecule has 0 aliphatic carbocycles. The minimum Gasteiger partial charge on any atom is -0.489 e. The van der Waals surface area contributed by atoms with Crippen LogP contribution < -0.4 is 10.1 Å². The second-order valence-electron chi connectivity index (χ2n) is 8.62. The summed E-state index contributed by atoms with van der Waals surface area (Å²) in [6.45, 7) is 5.02. The standard InChI is InChI=1S/C25H25Cl2N3O5/c1-14(2)34-22-8-6-16(11-19(22)27)28-24(31)20-12-23(35-29-20)17-7-5-15(10-18(17)26)13-30-9-3-4-21(30)25(32)33/h5-8,10-12,14,21H,3-4,9,13H2,1-2H3,(H,28,31)(H,32,33)/t21-/m0/s1. The average molecular weight is 518 g/mol. The fraction of sp³-hybridized carbons (Fsp3) is 0.320. The fourth-order valence-electron chi connectivity index (χ4n) is 4.02. The number of carboxylic acids is 1. The molecule has 2 N–H and O–H groups in total. The van der Waals surface area contributed by atoms with Crippen LogP contribution in [-0.2, 0) is 11.3 Å². The number of ether oxygens (including phenoxy) is 1. The molecule has 4 rings (SSSR count). The van der Waals surface area contributed by atoms with Gasteiger partial charge in [-0.25, -0.2) is 0 Å². The summed E-state index contributed by atoms with van der Waals surface area (Å²) in [5, 5.41) is 16.8. The smallest absolute Gasteiger partial charge is 0.320 e. The predicted octanol–water partition coefficient (Wildman–Crippen LogP) is 5.74. The summed E-state index contributed by atoms with van der Waals surface area (Å²) < 4.78 is 11.0. The zero-order valence-electron chi connectivity index (χ0n) is 19.3. The molecule has 0 saturated carbocycles. The van der Waals surface area contributed by atoms with Crippen LogP contribution in [0.1, 0.15) is 42.7 Å². The Morgan fingerprint density at radius 1 is 1.20 bits per heavy atom. The van der Waals surface area contributed by atoms with Crippen LogP contribution in [0.25, 0.3) is 11.3 Å². The maximum atomic E-state index is 12.7. The van der Waals surface area contributed by atoms with E-state index in [4.69, 9.17) is 32.5 Å². The van der Waals surface area contributed by atoms with E-state index >= 15 is 0 Å². The van der Waals surface area contributed by atoms with Crippen LogP contribution in [0.2, 0.25) is 10.0 Å². The Labute approximate surface area is 212 Å². The number of aromatic nitrogens is 1. The number of carbonyl (C=O) groups excluding carboxylic acids is 1. The quantitative estimate of drug-likeness (QED) is 0.392. The van der Waals surface area contributed by atoms with Crippen LogP contribution in [0.15, 0.2) is 47.0 Å². The first kappa shape index (κ1) is 25.0. The summed E-state index contributed by atoms with van der Waals surface area (Å²) in [5.41, 5.74) is 2.05. The van der Waals surface area contributed by atoms with Gasteiger partial charge in [0.2, 0.25) is 0 Å². The molecule has 1 amide bonds. The molecule has 8 nitrogen and oxygen atoms in total. The Balaban J connectivity index is 1.44.